The Balaban J connectivity index is 1.47. The number of aromatic nitrogens is 2. The molecule has 2 atom stereocenters. The van der Waals surface area contributed by atoms with E-state index in [1.54, 1.807) is 6.26 Å². The summed E-state index contributed by atoms with van der Waals surface area (Å²) in [7, 11) is 0. The third-order valence-corrected chi connectivity index (χ3v) is 3.97. The summed E-state index contributed by atoms with van der Waals surface area (Å²) in [6, 6.07) is 5.07. The van der Waals surface area contributed by atoms with Gasteiger partial charge in [-0.05, 0) is 31.4 Å². The van der Waals surface area contributed by atoms with Gasteiger partial charge in [0, 0.05) is 23.9 Å². The molecule has 1 amide bonds. The summed E-state index contributed by atoms with van der Waals surface area (Å²) >= 11 is 0. The smallest absolute Gasteiger partial charge is 0.270 e. The Morgan fingerprint density at radius 2 is 2.29 bits per heavy atom. The maximum atomic E-state index is 12.2. The molecule has 0 spiro atoms. The van der Waals surface area contributed by atoms with E-state index < -0.39 is 0 Å². The number of nitrogens with zero attached hydrogens (tertiary/aromatic N) is 1. The van der Waals surface area contributed by atoms with Crippen LogP contribution in [-0.2, 0) is 0 Å². The standard InChI is InChI=1S/C15H15N3O3/c19-13-7-11(16-14(18-13)8-3-4-8)15(20)17-10-6-9(10)12-2-1-5-21-12/h1-2,5,7-10H,3-4,6H2,(H,17,20)(H,16,18,19)/t9-,10-/m1/s1. The van der Waals surface area contributed by atoms with Gasteiger partial charge in [0.25, 0.3) is 11.5 Å². The highest BCUT2D eigenvalue weighted by atomic mass is 16.3. The zero-order chi connectivity index (χ0) is 14.4. The van der Waals surface area contributed by atoms with E-state index in [1.807, 2.05) is 12.1 Å². The summed E-state index contributed by atoms with van der Waals surface area (Å²) in [6.45, 7) is 0. The Morgan fingerprint density at radius 3 is 3.00 bits per heavy atom. The lowest BCUT2D eigenvalue weighted by atomic mass is 10.3. The molecule has 0 saturated heterocycles. The average molecular weight is 285 g/mol. The first kappa shape index (κ1) is 12.4. The van der Waals surface area contributed by atoms with Crippen LogP contribution in [0.2, 0.25) is 0 Å². The van der Waals surface area contributed by atoms with Gasteiger partial charge in [0.1, 0.15) is 17.3 Å². The molecule has 6 nitrogen and oxygen atoms in total. The van der Waals surface area contributed by atoms with Gasteiger partial charge in [0.2, 0.25) is 0 Å². The quantitative estimate of drug-likeness (QED) is 0.891. The normalized spacial score (nSPS) is 23.8. The maximum absolute atomic E-state index is 12.2. The molecule has 0 unspecified atom stereocenters. The maximum Gasteiger partial charge on any atom is 0.270 e. The lowest BCUT2D eigenvalue weighted by Gasteiger charge is -2.05. The van der Waals surface area contributed by atoms with Crippen LogP contribution in [0.15, 0.2) is 33.7 Å². The number of furan rings is 1. The van der Waals surface area contributed by atoms with Crippen molar-refractivity contribution in [3.8, 4) is 0 Å². The highest BCUT2D eigenvalue weighted by Crippen LogP contribution is 2.41. The van der Waals surface area contributed by atoms with Gasteiger partial charge in [-0.15, -0.1) is 0 Å². The molecule has 2 fully saturated rings. The minimum Gasteiger partial charge on any atom is -0.469 e. The van der Waals surface area contributed by atoms with Crippen molar-refractivity contribution in [3.05, 3.63) is 52.1 Å². The predicted octanol–water partition coefficient (Wildman–Crippen LogP) is 1.53. The van der Waals surface area contributed by atoms with Crippen molar-refractivity contribution in [2.45, 2.75) is 37.1 Å². The molecule has 2 heterocycles. The van der Waals surface area contributed by atoms with E-state index in [2.05, 4.69) is 15.3 Å². The fourth-order valence-electron chi connectivity index (χ4n) is 2.56. The number of aromatic amines is 1. The summed E-state index contributed by atoms with van der Waals surface area (Å²) < 4.78 is 5.33. The second-order valence-corrected chi connectivity index (χ2v) is 5.73. The molecule has 0 bridgehead atoms. The Morgan fingerprint density at radius 1 is 1.43 bits per heavy atom. The number of hydrogen-bond donors (Lipinski definition) is 2. The van der Waals surface area contributed by atoms with Crippen LogP contribution in [0.5, 0.6) is 0 Å². The summed E-state index contributed by atoms with van der Waals surface area (Å²) in [5.74, 6) is 1.77. The van der Waals surface area contributed by atoms with Crippen molar-refractivity contribution >= 4 is 5.91 Å². The van der Waals surface area contributed by atoms with Crippen LogP contribution in [0.3, 0.4) is 0 Å². The molecule has 2 aliphatic carbocycles. The number of H-pyrrole nitrogens is 1. The van der Waals surface area contributed by atoms with Crippen molar-refractivity contribution < 1.29 is 9.21 Å². The van der Waals surface area contributed by atoms with E-state index in [1.165, 1.54) is 6.07 Å². The molecule has 21 heavy (non-hydrogen) atoms. The Kier molecular flexibility index (Phi) is 2.70. The Hall–Kier alpha value is -2.37. The Labute approximate surface area is 120 Å². The molecule has 0 aromatic carbocycles. The molecule has 2 aromatic rings. The fourth-order valence-corrected chi connectivity index (χ4v) is 2.56. The number of rotatable bonds is 4. The largest absolute Gasteiger partial charge is 0.469 e. The summed E-state index contributed by atoms with van der Waals surface area (Å²) in [4.78, 5) is 30.8. The number of carbonyl (C=O) groups is 1. The molecule has 4 rings (SSSR count). The molecule has 2 N–H and O–H groups in total. The molecular formula is C15H15N3O3. The third-order valence-electron chi connectivity index (χ3n) is 3.97. The molecule has 108 valence electrons. The number of nitrogens with one attached hydrogen (secondary N) is 2. The molecule has 2 aliphatic rings. The zero-order valence-corrected chi connectivity index (χ0v) is 11.3. The van der Waals surface area contributed by atoms with E-state index in [0.717, 1.165) is 25.0 Å². The van der Waals surface area contributed by atoms with Crippen LogP contribution in [-0.4, -0.2) is 21.9 Å². The SMILES string of the molecule is O=C(N[C@@H]1C[C@H]1c1ccco1)c1cc(=O)[nH]c(C2CC2)n1. The van der Waals surface area contributed by atoms with E-state index in [4.69, 9.17) is 4.42 Å². The lowest BCUT2D eigenvalue weighted by molar-refractivity contribution is 0.0944. The van der Waals surface area contributed by atoms with Crippen molar-refractivity contribution in [3.63, 3.8) is 0 Å². The van der Waals surface area contributed by atoms with Gasteiger partial charge < -0.3 is 14.7 Å². The lowest BCUT2D eigenvalue weighted by Crippen LogP contribution is -2.29. The topological polar surface area (TPSA) is 88.0 Å². The summed E-state index contributed by atoms with van der Waals surface area (Å²) in [5.41, 5.74) is -0.0684. The van der Waals surface area contributed by atoms with Crippen molar-refractivity contribution in [2.75, 3.05) is 0 Å². The first-order chi connectivity index (χ1) is 10.2. The molecule has 0 radical (unpaired) electrons. The molecule has 2 aromatic heterocycles. The molecule has 2 saturated carbocycles. The fraction of sp³-hybridized carbons (Fsp3) is 0.400. The second-order valence-electron chi connectivity index (χ2n) is 5.73. The number of amides is 1. The zero-order valence-electron chi connectivity index (χ0n) is 11.3. The van der Waals surface area contributed by atoms with Gasteiger partial charge in [0.15, 0.2) is 0 Å². The van der Waals surface area contributed by atoms with Crippen LogP contribution >= 0.6 is 0 Å². The minimum atomic E-state index is -0.290. The highest BCUT2D eigenvalue weighted by molar-refractivity contribution is 5.92. The van der Waals surface area contributed by atoms with E-state index in [0.29, 0.717) is 11.7 Å². The van der Waals surface area contributed by atoms with Crippen molar-refractivity contribution in [1.82, 2.24) is 15.3 Å². The van der Waals surface area contributed by atoms with Crippen LogP contribution in [0.1, 0.15) is 53.2 Å². The van der Waals surface area contributed by atoms with Crippen LogP contribution in [0, 0.1) is 0 Å². The van der Waals surface area contributed by atoms with Crippen LogP contribution in [0.25, 0.3) is 0 Å². The highest BCUT2D eigenvalue weighted by Gasteiger charge is 2.42. The van der Waals surface area contributed by atoms with Gasteiger partial charge >= 0.3 is 0 Å². The first-order valence-corrected chi connectivity index (χ1v) is 7.16. The number of carbonyl (C=O) groups excluding carboxylic acids is 1. The Bertz CT molecular complexity index is 731. The van der Waals surface area contributed by atoms with Gasteiger partial charge in [-0.1, -0.05) is 0 Å². The van der Waals surface area contributed by atoms with Crippen molar-refractivity contribution in [1.29, 1.82) is 0 Å². The van der Waals surface area contributed by atoms with Crippen LogP contribution < -0.4 is 10.9 Å². The van der Waals surface area contributed by atoms with E-state index in [-0.39, 0.29) is 29.1 Å². The minimum absolute atomic E-state index is 0.0640. The van der Waals surface area contributed by atoms with Gasteiger partial charge in [0.05, 0.1) is 6.26 Å². The van der Waals surface area contributed by atoms with Gasteiger partial charge in [-0.2, -0.15) is 0 Å². The molecule has 0 aliphatic heterocycles. The van der Waals surface area contributed by atoms with Gasteiger partial charge in [-0.25, -0.2) is 4.98 Å². The number of hydrogen-bond acceptors (Lipinski definition) is 4. The average Bonchev–Trinajstić information content (AvgIpc) is 3.39. The third kappa shape index (κ3) is 2.49. The monoisotopic (exact) mass is 285 g/mol. The predicted molar refractivity (Wildman–Crippen MR) is 74.2 cm³/mol. The summed E-state index contributed by atoms with van der Waals surface area (Å²) in [5, 5.41) is 2.91. The first-order valence-electron chi connectivity index (χ1n) is 7.16. The van der Waals surface area contributed by atoms with E-state index >= 15 is 0 Å². The van der Waals surface area contributed by atoms with E-state index in [9.17, 15) is 9.59 Å². The van der Waals surface area contributed by atoms with Crippen molar-refractivity contribution in [2.24, 2.45) is 0 Å². The van der Waals surface area contributed by atoms with Crippen LogP contribution in [0.4, 0.5) is 0 Å². The molecular weight excluding hydrogens is 270 g/mol. The summed E-state index contributed by atoms with van der Waals surface area (Å²) in [6.07, 6.45) is 4.54. The molecule has 6 heteroatoms. The second kappa shape index (κ2) is 4.58. The van der Waals surface area contributed by atoms with Gasteiger partial charge in [-0.3, -0.25) is 9.59 Å².